The molecule has 0 saturated carbocycles. The highest BCUT2D eigenvalue weighted by Crippen LogP contribution is 2.33. The second kappa shape index (κ2) is 7.18. The highest BCUT2D eigenvalue weighted by Gasteiger charge is 2.35. The SMILES string of the molecule is CC(C)c1ccccc1N1CSC(=NC(C)(C)C)N(C(C)C)C1=O. The van der Waals surface area contributed by atoms with Gasteiger partial charge in [0.1, 0.15) is 0 Å². The molecule has 1 aliphatic heterocycles. The van der Waals surface area contributed by atoms with Gasteiger partial charge in [0.15, 0.2) is 5.17 Å². The Morgan fingerprint density at radius 3 is 2.29 bits per heavy atom. The van der Waals surface area contributed by atoms with E-state index in [1.54, 1.807) is 11.8 Å². The molecule has 2 rings (SSSR count). The van der Waals surface area contributed by atoms with E-state index in [0.717, 1.165) is 10.9 Å². The second-order valence-corrected chi connectivity index (χ2v) is 8.64. The molecule has 0 spiro atoms. The number of nitrogens with zero attached hydrogens (tertiary/aromatic N) is 3. The van der Waals surface area contributed by atoms with Crippen LogP contribution in [-0.4, -0.2) is 33.6 Å². The predicted molar refractivity (Wildman–Crippen MR) is 105 cm³/mol. The Kier molecular flexibility index (Phi) is 5.63. The van der Waals surface area contributed by atoms with Crippen LogP contribution in [0.15, 0.2) is 29.3 Å². The van der Waals surface area contributed by atoms with Crippen LogP contribution in [0.2, 0.25) is 0 Å². The number of anilines is 1. The highest BCUT2D eigenvalue weighted by atomic mass is 32.2. The Hall–Kier alpha value is -1.49. The first-order valence-electron chi connectivity index (χ1n) is 8.54. The molecule has 0 bridgehead atoms. The van der Waals surface area contributed by atoms with Gasteiger partial charge in [-0.3, -0.25) is 14.8 Å². The van der Waals surface area contributed by atoms with E-state index < -0.39 is 0 Å². The van der Waals surface area contributed by atoms with Crippen molar-refractivity contribution in [3.8, 4) is 0 Å². The topological polar surface area (TPSA) is 35.9 Å². The zero-order chi connectivity index (χ0) is 18.1. The maximum absolute atomic E-state index is 13.2. The molecule has 0 N–H and O–H groups in total. The van der Waals surface area contributed by atoms with Crippen LogP contribution >= 0.6 is 11.8 Å². The Balaban J connectivity index is 2.42. The maximum atomic E-state index is 13.2. The minimum absolute atomic E-state index is 0.0138. The van der Waals surface area contributed by atoms with Gasteiger partial charge < -0.3 is 0 Å². The smallest absolute Gasteiger partial charge is 0.283 e. The van der Waals surface area contributed by atoms with Crippen LogP contribution in [0.3, 0.4) is 0 Å². The summed E-state index contributed by atoms with van der Waals surface area (Å²) in [5.74, 6) is 0.969. The quantitative estimate of drug-likeness (QED) is 0.743. The van der Waals surface area contributed by atoms with E-state index in [0.29, 0.717) is 11.8 Å². The van der Waals surface area contributed by atoms with Crippen molar-refractivity contribution in [3.63, 3.8) is 0 Å². The molecule has 0 atom stereocenters. The van der Waals surface area contributed by atoms with E-state index in [4.69, 9.17) is 4.99 Å². The Labute approximate surface area is 150 Å². The predicted octanol–water partition coefficient (Wildman–Crippen LogP) is 5.31. The summed E-state index contributed by atoms with van der Waals surface area (Å²) in [6.45, 7) is 14.6. The van der Waals surface area contributed by atoms with E-state index >= 15 is 0 Å². The monoisotopic (exact) mass is 347 g/mol. The summed E-state index contributed by atoms with van der Waals surface area (Å²) in [5.41, 5.74) is 2.00. The number of para-hydroxylation sites is 1. The first-order chi connectivity index (χ1) is 11.1. The third-order valence-corrected chi connectivity index (χ3v) is 4.70. The molecule has 0 aliphatic carbocycles. The number of benzene rings is 1. The van der Waals surface area contributed by atoms with Gasteiger partial charge in [-0.2, -0.15) is 0 Å². The minimum atomic E-state index is -0.201. The highest BCUT2D eigenvalue weighted by molar-refractivity contribution is 8.14. The summed E-state index contributed by atoms with van der Waals surface area (Å²) in [4.78, 5) is 21.7. The zero-order valence-corrected chi connectivity index (χ0v) is 16.6. The number of hydrogen-bond acceptors (Lipinski definition) is 3. The fourth-order valence-corrected chi connectivity index (χ4v) is 3.93. The molecule has 1 heterocycles. The number of thioether (sulfide) groups is 1. The average molecular weight is 348 g/mol. The molecule has 132 valence electrons. The van der Waals surface area contributed by atoms with Crippen molar-refractivity contribution in [3.05, 3.63) is 29.8 Å². The van der Waals surface area contributed by atoms with Crippen molar-refractivity contribution in [1.29, 1.82) is 0 Å². The number of rotatable bonds is 3. The average Bonchev–Trinajstić information content (AvgIpc) is 2.45. The van der Waals surface area contributed by atoms with Crippen LogP contribution < -0.4 is 4.90 Å². The Morgan fingerprint density at radius 1 is 1.12 bits per heavy atom. The Morgan fingerprint density at radius 2 is 1.75 bits per heavy atom. The number of hydrogen-bond donors (Lipinski definition) is 0. The normalized spacial score (nSPS) is 18.2. The van der Waals surface area contributed by atoms with Crippen molar-refractivity contribution in [2.45, 2.75) is 66.0 Å². The summed E-state index contributed by atoms with van der Waals surface area (Å²) >= 11 is 1.63. The van der Waals surface area contributed by atoms with Gasteiger partial charge >= 0.3 is 6.03 Å². The molecule has 2 amide bonds. The lowest BCUT2D eigenvalue weighted by Gasteiger charge is -2.39. The molecule has 0 aromatic heterocycles. The molecule has 5 heteroatoms. The van der Waals surface area contributed by atoms with Crippen LogP contribution in [0.25, 0.3) is 0 Å². The first kappa shape index (κ1) is 18.8. The van der Waals surface area contributed by atoms with Gasteiger partial charge in [-0.1, -0.05) is 43.8 Å². The van der Waals surface area contributed by atoms with Gasteiger partial charge in [0, 0.05) is 11.7 Å². The third-order valence-electron chi connectivity index (χ3n) is 3.76. The first-order valence-corrected chi connectivity index (χ1v) is 9.52. The van der Waals surface area contributed by atoms with Gasteiger partial charge in [-0.05, 0) is 52.2 Å². The molecule has 1 fully saturated rings. The maximum Gasteiger partial charge on any atom is 0.331 e. The van der Waals surface area contributed by atoms with Crippen LogP contribution in [-0.2, 0) is 0 Å². The molecule has 1 aromatic rings. The fourth-order valence-electron chi connectivity index (χ4n) is 2.67. The lowest BCUT2D eigenvalue weighted by atomic mass is 10.0. The molecule has 1 aromatic carbocycles. The van der Waals surface area contributed by atoms with Gasteiger partial charge in [0.05, 0.1) is 11.4 Å². The molecular weight excluding hydrogens is 318 g/mol. The molecule has 0 unspecified atom stereocenters. The van der Waals surface area contributed by atoms with Crippen molar-refractivity contribution >= 4 is 28.6 Å². The lowest BCUT2D eigenvalue weighted by Crippen LogP contribution is -2.53. The van der Waals surface area contributed by atoms with Crippen LogP contribution in [0.5, 0.6) is 0 Å². The number of aliphatic imine (C=N–C) groups is 1. The minimum Gasteiger partial charge on any atom is -0.283 e. The van der Waals surface area contributed by atoms with E-state index in [9.17, 15) is 4.79 Å². The van der Waals surface area contributed by atoms with E-state index in [-0.39, 0.29) is 17.6 Å². The number of urea groups is 1. The van der Waals surface area contributed by atoms with E-state index in [1.165, 1.54) is 5.56 Å². The molecule has 4 nitrogen and oxygen atoms in total. The summed E-state index contributed by atoms with van der Waals surface area (Å²) in [7, 11) is 0. The molecular formula is C19H29N3OS. The van der Waals surface area contributed by atoms with E-state index in [2.05, 4.69) is 40.7 Å². The Bertz CT molecular complexity index is 632. The van der Waals surface area contributed by atoms with Crippen LogP contribution in [0.4, 0.5) is 10.5 Å². The third kappa shape index (κ3) is 4.12. The van der Waals surface area contributed by atoms with Crippen molar-refractivity contribution in [2.24, 2.45) is 4.99 Å². The number of amides is 2. The van der Waals surface area contributed by atoms with Gasteiger partial charge in [0.25, 0.3) is 0 Å². The zero-order valence-electron chi connectivity index (χ0n) is 15.8. The van der Waals surface area contributed by atoms with Gasteiger partial charge in [0.2, 0.25) is 0 Å². The summed E-state index contributed by atoms with van der Waals surface area (Å²) in [6.07, 6.45) is 0. The van der Waals surface area contributed by atoms with E-state index in [1.807, 2.05) is 41.8 Å². The summed E-state index contributed by atoms with van der Waals surface area (Å²) < 4.78 is 0. The van der Waals surface area contributed by atoms with Crippen molar-refractivity contribution < 1.29 is 4.79 Å². The number of amidine groups is 1. The van der Waals surface area contributed by atoms with Gasteiger partial charge in [-0.15, -0.1) is 0 Å². The lowest BCUT2D eigenvalue weighted by molar-refractivity contribution is 0.220. The molecule has 1 aliphatic rings. The van der Waals surface area contributed by atoms with Gasteiger partial charge in [-0.25, -0.2) is 4.79 Å². The van der Waals surface area contributed by atoms with Crippen LogP contribution in [0, 0.1) is 0 Å². The fraction of sp³-hybridized carbons (Fsp3) is 0.579. The molecule has 1 saturated heterocycles. The van der Waals surface area contributed by atoms with Crippen molar-refractivity contribution in [1.82, 2.24) is 4.90 Å². The molecule has 0 radical (unpaired) electrons. The number of carbonyl (C=O) groups is 1. The second-order valence-electron chi connectivity index (χ2n) is 7.73. The van der Waals surface area contributed by atoms with Crippen molar-refractivity contribution in [2.75, 3.05) is 10.8 Å². The molecule has 24 heavy (non-hydrogen) atoms. The number of carbonyl (C=O) groups excluding carboxylic acids is 1. The summed E-state index contributed by atoms with van der Waals surface area (Å²) in [5, 5.41) is 0.820. The largest absolute Gasteiger partial charge is 0.331 e. The van der Waals surface area contributed by atoms with Crippen LogP contribution in [0.1, 0.15) is 59.9 Å². The standard InChI is InChI=1S/C19H29N3OS/c1-13(2)15-10-8-9-11-16(15)21-12-24-17(20-19(5,6)7)22(14(3)4)18(21)23/h8-11,13-14H,12H2,1-7H3. The summed E-state index contributed by atoms with van der Waals surface area (Å²) in [6, 6.07) is 8.26.